The van der Waals surface area contributed by atoms with Gasteiger partial charge in [0, 0.05) is 29.6 Å². The van der Waals surface area contributed by atoms with Crippen LogP contribution in [0.1, 0.15) is 36.8 Å². The van der Waals surface area contributed by atoms with Gasteiger partial charge in [-0.2, -0.15) is 0 Å². The van der Waals surface area contributed by atoms with Crippen LogP contribution < -0.4 is 4.74 Å². The Hall–Kier alpha value is -0.770. The van der Waals surface area contributed by atoms with Gasteiger partial charge in [0.25, 0.3) is 0 Å². The van der Waals surface area contributed by atoms with E-state index in [4.69, 9.17) is 16.3 Å². The first-order valence-corrected chi connectivity index (χ1v) is 7.94. The lowest BCUT2D eigenvalue weighted by atomic mass is 10.1. The molecule has 0 aromatic heterocycles. The molecule has 0 saturated carbocycles. The Labute approximate surface area is 125 Å². The van der Waals surface area contributed by atoms with E-state index in [0.29, 0.717) is 0 Å². The summed E-state index contributed by atoms with van der Waals surface area (Å²) in [5, 5.41) is 10.4. The van der Waals surface area contributed by atoms with Gasteiger partial charge in [0.15, 0.2) is 0 Å². The van der Waals surface area contributed by atoms with E-state index >= 15 is 0 Å². The zero-order valence-electron chi connectivity index (χ0n) is 11.8. The molecule has 3 nitrogen and oxygen atoms in total. The third kappa shape index (κ3) is 2.95. The van der Waals surface area contributed by atoms with Gasteiger partial charge in [-0.25, -0.2) is 0 Å². The van der Waals surface area contributed by atoms with Gasteiger partial charge in [-0.05, 0) is 37.1 Å². The molecule has 110 valence electrons. The molecule has 1 saturated heterocycles. The van der Waals surface area contributed by atoms with Crippen molar-refractivity contribution in [2.75, 3.05) is 19.8 Å². The van der Waals surface area contributed by atoms with E-state index in [9.17, 15) is 5.11 Å². The van der Waals surface area contributed by atoms with Gasteiger partial charge >= 0.3 is 0 Å². The highest BCUT2D eigenvalue weighted by Crippen LogP contribution is 2.34. The topological polar surface area (TPSA) is 32.7 Å². The van der Waals surface area contributed by atoms with Crippen LogP contribution in [-0.4, -0.2) is 35.8 Å². The molecular weight excluding hydrogens is 274 g/mol. The van der Waals surface area contributed by atoms with Crippen LogP contribution in [0, 0.1) is 0 Å². The zero-order valence-corrected chi connectivity index (χ0v) is 12.5. The summed E-state index contributed by atoms with van der Waals surface area (Å²) in [6.45, 7) is 2.87. The Kier molecular flexibility index (Phi) is 4.49. The number of aliphatic hydroxyl groups is 1. The van der Waals surface area contributed by atoms with E-state index in [1.54, 1.807) is 0 Å². The Morgan fingerprint density at radius 3 is 3.05 bits per heavy atom. The fraction of sp³-hybridized carbons (Fsp3) is 0.625. The van der Waals surface area contributed by atoms with Crippen molar-refractivity contribution in [2.24, 2.45) is 0 Å². The summed E-state index contributed by atoms with van der Waals surface area (Å²) in [4.78, 5) is 2.39. The van der Waals surface area contributed by atoms with Gasteiger partial charge in [0.1, 0.15) is 5.75 Å². The average molecular weight is 296 g/mol. The van der Waals surface area contributed by atoms with E-state index < -0.39 is 0 Å². The Morgan fingerprint density at radius 1 is 1.30 bits per heavy atom. The molecule has 3 rings (SSSR count). The molecule has 1 aromatic rings. The fourth-order valence-electron chi connectivity index (χ4n) is 3.33. The predicted octanol–water partition coefficient (Wildman–Crippen LogP) is 3.01. The summed E-state index contributed by atoms with van der Waals surface area (Å²) in [5.74, 6) is 1.02. The second-order valence-electron chi connectivity index (χ2n) is 5.81. The molecule has 2 heterocycles. The van der Waals surface area contributed by atoms with Crippen molar-refractivity contribution in [1.29, 1.82) is 0 Å². The van der Waals surface area contributed by atoms with Crippen molar-refractivity contribution in [1.82, 2.24) is 4.90 Å². The van der Waals surface area contributed by atoms with Gasteiger partial charge in [-0.1, -0.05) is 24.4 Å². The maximum absolute atomic E-state index is 9.61. The molecule has 0 amide bonds. The maximum atomic E-state index is 9.61. The van der Waals surface area contributed by atoms with Crippen LogP contribution in [0.2, 0.25) is 5.02 Å². The van der Waals surface area contributed by atoms with E-state index in [2.05, 4.69) is 4.90 Å². The maximum Gasteiger partial charge on any atom is 0.127 e. The fourth-order valence-corrected chi connectivity index (χ4v) is 3.60. The Morgan fingerprint density at radius 2 is 2.20 bits per heavy atom. The summed E-state index contributed by atoms with van der Waals surface area (Å²) in [5.41, 5.74) is 2.40. The van der Waals surface area contributed by atoms with Crippen molar-refractivity contribution in [3.05, 3.63) is 28.3 Å². The molecule has 2 aliphatic rings. The highest BCUT2D eigenvalue weighted by molar-refractivity contribution is 6.30. The monoisotopic (exact) mass is 295 g/mol. The second kappa shape index (κ2) is 6.33. The zero-order chi connectivity index (χ0) is 13.9. The van der Waals surface area contributed by atoms with Crippen molar-refractivity contribution in [3.8, 4) is 5.75 Å². The number of fused-ring (bicyclic) bond motifs is 1. The predicted molar refractivity (Wildman–Crippen MR) is 80.4 cm³/mol. The molecule has 1 fully saturated rings. The van der Waals surface area contributed by atoms with Crippen LogP contribution in [0.25, 0.3) is 0 Å². The van der Waals surface area contributed by atoms with Crippen molar-refractivity contribution in [3.63, 3.8) is 0 Å². The molecule has 0 radical (unpaired) electrons. The summed E-state index contributed by atoms with van der Waals surface area (Å²) in [6, 6.07) is 4.30. The first kappa shape index (κ1) is 14.2. The lowest BCUT2D eigenvalue weighted by Gasteiger charge is -2.29. The Bertz CT molecular complexity index is 478. The quantitative estimate of drug-likeness (QED) is 0.930. The minimum Gasteiger partial charge on any atom is -0.493 e. The summed E-state index contributed by atoms with van der Waals surface area (Å²) < 4.78 is 5.78. The van der Waals surface area contributed by atoms with Gasteiger partial charge in [-0.15, -0.1) is 0 Å². The number of nitrogens with zero attached hydrogens (tertiary/aromatic N) is 1. The molecule has 0 spiro atoms. The number of benzene rings is 1. The molecule has 1 aromatic carbocycles. The van der Waals surface area contributed by atoms with Crippen molar-refractivity contribution < 1.29 is 9.84 Å². The number of aliphatic hydroxyl groups excluding tert-OH is 1. The Balaban J connectivity index is 1.82. The molecule has 0 aliphatic carbocycles. The summed E-state index contributed by atoms with van der Waals surface area (Å²) in [7, 11) is 0. The van der Waals surface area contributed by atoms with E-state index in [1.807, 2.05) is 12.1 Å². The minimum atomic E-state index is 0.240. The second-order valence-corrected chi connectivity index (χ2v) is 6.24. The molecule has 1 atom stereocenters. The molecule has 1 N–H and O–H groups in total. The van der Waals surface area contributed by atoms with E-state index in [1.165, 1.54) is 30.4 Å². The average Bonchev–Trinajstić information content (AvgIpc) is 2.78. The largest absolute Gasteiger partial charge is 0.493 e. The lowest BCUT2D eigenvalue weighted by molar-refractivity contribution is 0.117. The van der Waals surface area contributed by atoms with Crippen molar-refractivity contribution in [2.45, 2.75) is 44.7 Å². The third-order valence-electron chi connectivity index (χ3n) is 4.41. The molecule has 2 aliphatic heterocycles. The number of ether oxygens (including phenoxy) is 1. The number of halogens is 1. The highest BCUT2D eigenvalue weighted by atomic mass is 35.5. The number of rotatable bonds is 3. The van der Waals surface area contributed by atoms with Crippen LogP contribution in [0.15, 0.2) is 12.1 Å². The molecule has 20 heavy (non-hydrogen) atoms. The van der Waals surface area contributed by atoms with Gasteiger partial charge in [-0.3, -0.25) is 4.90 Å². The number of likely N-dealkylation sites (tertiary alicyclic amines) is 1. The first-order chi connectivity index (χ1) is 9.78. The van der Waals surface area contributed by atoms with Gasteiger partial charge in [0.05, 0.1) is 13.2 Å². The van der Waals surface area contributed by atoms with Crippen LogP contribution in [0.3, 0.4) is 0 Å². The molecule has 1 unspecified atom stereocenters. The third-order valence-corrected chi connectivity index (χ3v) is 4.63. The summed E-state index contributed by atoms with van der Waals surface area (Å²) in [6.07, 6.45) is 5.72. The van der Waals surface area contributed by atoms with Gasteiger partial charge in [0.2, 0.25) is 0 Å². The summed E-state index contributed by atoms with van der Waals surface area (Å²) >= 11 is 6.23. The van der Waals surface area contributed by atoms with E-state index in [-0.39, 0.29) is 12.6 Å². The molecule has 4 heteroatoms. The lowest BCUT2D eigenvalue weighted by Crippen LogP contribution is -2.37. The first-order valence-electron chi connectivity index (χ1n) is 7.57. The van der Waals surface area contributed by atoms with Crippen molar-refractivity contribution >= 4 is 11.6 Å². The molecular formula is C16H22ClNO2. The SMILES string of the molecule is OCC1CCCCCN1Cc1cc(Cl)cc2c1OCC2. The van der Waals surface area contributed by atoms with Crippen LogP contribution >= 0.6 is 11.6 Å². The van der Waals surface area contributed by atoms with Gasteiger partial charge < -0.3 is 9.84 Å². The normalized spacial score (nSPS) is 23.2. The van der Waals surface area contributed by atoms with Crippen LogP contribution in [0.4, 0.5) is 0 Å². The highest BCUT2D eigenvalue weighted by Gasteiger charge is 2.24. The smallest absolute Gasteiger partial charge is 0.127 e. The van der Waals surface area contributed by atoms with Crippen LogP contribution in [0.5, 0.6) is 5.75 Å². The number of hydrogen-bond acceptors (Lipinski definition) is 3. The number of hydrogen-bond donors (Lipinski definition) is 1. The van der Waals surface area contributed by atoms with Crippen LogP contribution in [-0.2, 0) is 13.0 Å². The minimum absolute atomic E-state index is 0.240. The molecule has 0 bridgehead atoms. The standard InChI is InChI=1S/C16H22ClNO2/c17-14-8-12-5-7-20-16(12)13(9-14)10-18-6-3-1-2-4-15(18)11-19/h8-9,15,19H,1-7,10-11H2. The van der Waals surface area contributed by atoms with E-state index in [0.717, 1.165) is 43.3 Å².